The molecule has 2 unspecified atom stereocenters. The second kappa shape index (κ2) is 7.34. The van der Waals surface area contributed by atoms with E-state index in [1.807, 2.05) is 0 Å². The van der Waals surface area contributed by atoms with Crippen LogP contribution in [0.4, 0.5) is 18.0 Å². The van der Waals surface area contributed by atoms with Gasteiger partial charge in [0.2, 0.25) is 0 Å². The van der Waals surface area contributed by atoms with E-state index >= 15 is 0 Å². The summed E-state index contributed by atoms with van der Waals surface area (Å²) in [4.78, 5) is 13.4. The van der Waals surface area contributed by atoms with Crippen molar-refractivity contribution in [3.8, 4) is 0 Å². The van der Waals surface area contributed by atoms with Crippen molar-refractivity contribution in [1.82, 2.24) is 4.90 Å². The monoisotopic (exact) mass is 423 g/mol. The molecule has 0 N–H and O–H groups in total. The quantitative estimate of drug-likeness (QED) is 0.393. The molecule has 0 spiro atoms. The Morgan fingerprint density at radius 1 is 1.29 bits per heavy atom. The standard InChI is InChI=1S/C13H21F3INO3/c1-12(2,3)21-11(19)18-7-9(17)10(8-18)20-6-4-5-13(14,15)16/h9-10H,4-8H2,1-3H3. The van der Waals surface area contributed by atoms with E-state index in [2.05, 4.69) is 22.6 Å². The molecule has 1 rings (SSSR count). The molecule has 124 valence electrons. The topological polar surface area (TPSA) is 38.8 Å². The minimum Gasteiger partial charge on any atom is -0.444 e. The van der Waals surface area contributed by atoms with Gasteiger partial charge < -0.3 is 14.4 Å². The van der Waals surface area contributed by atoms with E-state index in [0.29, 0.717) is 13.1 Å². The lowest BCUT2D eigenvalue weighted by molar-refractivity contribution is -0.138. The zero-order chi connectivity index (χ0) is 16.3. The highest BCUT2D eigenvalue weighted by Crippen LogP contribution is 2.25. The summed E-state index contributed by atoms with van der Waals surface area (Å²) in [6, 6.07) is 0. The van der Waals surface area contributed by atoms with Gasteiger partial charge in [-0.3, -0.25) is 0 Å². The molecule has 1 aliphatic heterocycles. The van der Waals surface area contributed by atoms with E-state index in [4.69, 9.17) is 9.47 Å². The molecule has 0 bridgehead atoms. The van der Waals surface area contributed by atoms with E-state index < -0.39 is 24.3 Å². The van der Waals surface area contributed by atoms with E-state index in [-0.39, 0.29) is 23.1 Å². The van der Waals surface area contributed by atoms with Gasteiger partial charge in [0.1, 0.15) is 5.60 Å². The Kier molecular flexibility index (Phi) is 6.57. The lowest BCUT2D eigenvalue weighted by Gasteiger charge is -2.24. The predicted molar refractivity (Wildman–Crippen MR) is 80.6 cm³/mol. The van der Waals surface area contributed by atoms with Crippen molar-refractivity contribution in [3.05, 3.63) is 0 Å². The van der Waals surface area contributed by atoms with Crippen LogP contribution >= 0.6 is 22.6 Å². The number of halogens is 4. The summed E-state index contributed by atoms with van der Waals surface area (Å²) in [6.07, 6.45) is -5.71. The fourth-order valence-electron chi connectivity index (χ4n) is 1.87. The first-order valence-corrected chi connectivity index (χ1v) is 8.03. The van der Waals surface area contributed by atoms with E-state index in [0.717, 1.165) is 0 Å². The maximum absolute atomic E-state index is 12.0. The average molecular weight is 423 g/mol. The molecule has 0 aromatic carbocycles. The molecule has 0 aromatic heterocycles. The molecule has 4 nitrogen and oxygen atoms in total. The van der Waals surface area contributed by atoms with Crippen LogP contribution in [0.2, 0.25) is 0 Å². The van der Waals surface area contributed by atoms with Crippen LogP contribution in [0.25, 0.3) is 0 Å². The van der Waals surface area contributed by atoms with Crippen LogP contribution < -0.4 is 0 Å². The van der Waals surface area contributed by atoms with Gasteiger partial charge in [-0.2, -0.15) is 13.2 Å². The molecule has 0 saturated carbocycles. The zero-order valence-electron chi connectivity index (χ0n) is 12.4. The van der Waals surface area contributed by atoms with Crippen molar-refractivity contribution in [2.24, 2.45) is 0 Å². The minimum atomic E-state index is -4.15. The summed E-state index contributed by atoms with van der Waals surface area (Å²) in [6.45, 7) is 6.24. The Morgan fingerprint density at radius 3 is 2.43 bits per heavy atom. The molecule has 21 heavy (non-hydrogen) atoms. The molecule has 1 amide bonds. The predicted octanol–water partition coefficient (Wildman–Crippen LogP) is 3.77. The van der Waals surface area contributed by atoms with Gasteiger partial charge >= 0.3 is 12.3 Å². The maximum atomic E-state index is 12.0. The molecule has 0 aromatic rings. The summed E-state index contributed by atoms with van der Waals surface area (Å²) < 4.78 is 46.9. The average Bonchev–Trinajstić information content (AvgIpc) is 2.63. The van der Waals surface area contributed by atoms with Crippen molar-refractivity contribution in [2.75, 3.05) is 19.7 Å². The molecular weight excluding hydrogens is 402 g/mol. The van der Waals surface area contributed by atoms with Crippen LogP contribution in [-0.2, 0) is 9.47 Å². The Balaban J connectivity index is 2.34. The number of alkyl halides is 4. The van der Waals surface area contributed by atoms with Gasteiger partial charge in [-0.15, -0.1) is 0 Å². The normalized spacial score (nSPS) is 23.5. The van der Waals surface area contributed by atoms with Crippen molar-refractivity contribution in [2.45, 2.75) is 55.4 Å². The Hall–Kier alpha value is -0.250. The first kappa shape index (κ1) is 18.8. The Bertz CT molecular complexity index is 358. The van der Waals surface area contributed by atoms with E-state index in [1.165, 1.54) is 4.90 Å². The van der Waals surface area contributed by atoms with Crippen LogP contribution in [0, 0.1) is 0 Å². The smallest absolute Gasteiger partial charge is 0.410 e. The maximum Gasteiger partial charge on any atom is 0.410 e. The SMILES string of the molecule is CC(C)(C)OC(=O)N1CC(I)C(OCCCC(F)(F)F)C1. The molecule has 1 saturated heterocycles. The van der Waals surface area contributed by atoms with Gasteiger partial charge in [-0.05, 0) is 27.2 Å². The lowest BCUT2D eigenvalue weighted by Crippen LogP contribution is -2.36. The number of amides is 1. The second-order valence-electron chi connectivity index (χ2n) is 6.03. The van der Waals surface area contributed by atoms with Crippen molar-refractivity contribution >= 4 is 28.7 Å². The fourth-order valence-corrected chi connectivity index (χ4v) is 2.78. The van der Waals surface area contributed by atoms with Gasteiger partial charge in [-0.1, -0.05) is 22.6 Å². The van der Waals surface area contributed by atoms with E-state index in [1.54, 1.807) is 20.8 Å². The van der Waals surface area contributed by atoms with E-state index in [9.17, 15) is 18.0 Å². The van der Waals surface area contributed by atoms with Crippen LogP contribution in [0.15, 0.2) is 0 Å². The molecular formula is C13H21F3INO3. The van der Waals surface area contributed by atoms with Crippen molar-refractivity contribution in [1.29, 1.82) is 0 Å². The third kappa shape index (κ3) is 7.53. The number of hydrogen-bond donors (Lipinski definition) is 0. The van der Waals surface area contributed by atoms with Gasteiger partial charge in [0.15, 0.2) is 0 Å². The molecule has 0 aliphatic carbocycles. The van der Waals surface area contributed by atoms with Crippen LogP contribution in [-0.4, -0.2) is 52.5 Å². The molecule has 8 heteroatoms. The fraction of sp³-hybridized carbons (Fsp3) is 0.923. The lowest BCUT2D eigenvalue weighted by atomic mass is 10.2. The number of ether oxygens (including phenoxy) is 2. The summed E-state index contributed by atoms with van der Waals surface area (Å²) in [7, 11) is 0. The molecule has 0 radical (unpaired) electrons. The number of carbonyl (C=O) groups is 1. The molecule has 1 fully saturated rings. The molecule has 1 heterocycles. The summed E-state index contributed by atoms with van der Waals surface area (Å²) in [5, 5.41) is 0. The molecule has 2 atom stereocenters. The number of nitrogens with zero attached hydrogens (tertiary/aromatic N) is 1. The van der Waals surface area contributed by atoms with Gasteiger partial charge in [0.25, 0.3) is 0 Å². The summed E-state index contributed by atoms with van der Waals surface area (Å²) in [5.41, 5.74) is -0.566. The second-order valence-corrected chi connectivity index (χ2v) is 7.63. The summed E-state index contributed by atoms with van der Waals surface area (Å²) >= 11 is 2.15. The van der Waals surface area contributed by atoms with Gasteiger partial charge in [0.05, 0.1) is 16.6 Å². The van der Waals surface area contributed by atoms with Crippen LogP contribution in [0.1, 0.15) is 33.6 Å². The number of rotatable bonds is 4. The van der Waals surface area contributed by atoms with Crippen LogP contribution in [0.3, 0.4) is 0 Å². The third-order valence-electron chi connectivity index (χ3n) is 2.79. The third-order valence-corrected chi connectivity index (χ3v) is 3.98. The number of likely N-dealkylation sites (tertiary alicyclic amines) is 1. The number of hydrogen-bond acceptors (Lipinski definition) is 3. The highest BCUT2D eigenvalue weighted by atomic mass is 127. The van der Waals surface area contributed by atoms with Crippen LogP contribution in [0.5, 0.6) is 0 Å². The Labute approximate surface area is 136 Å². The minimum absolute atomic E-state index is 0.0475. The molecule has 1 aliphatic rings. The largest absolute Gasteiger partial charge is 0.444 e. The van der Waals surface area contributed by atoms with Crippen molar-refractivity contribution in [3.63, 3.8) is 0 Å². The first-order valence-electron chi connectivity index (χ1n) is 6.78. The number of carbonyl (C=O) groups excluding carboxylic acids is 1. The zero-order valence-corrected chi connectivity index (χ0v) is 14.5. The van der Waals surface area contributed by atoms with Gasteiger partial charge in [0, 0.05) is 19.6 Å². The summed E-state index contributed by atoms with van der Waals surface area (Å²) in [5.74, 6) is 0. The highest BCUT2D eigenvalue weighted by molar-refractivity contribution is 14.1. The first-order chi connectivity index (χ1) is 9.48. The van der Waals surface area contributed by atoms with Crippen molar-refractivity contribution < 1.29 is 27.4 Å². The van der Waals surface area contributed by atoms with Gasteiger partial charge in [-0.25, -0.2) is 4.79 Å². The Morgan fingerprint density at radius 2 is 1.90 bits per heavy atom. The highest BCUT2D eigenvalue weighted by Gasteiger charge is 2.36.